The minimum Gasteiger partial charge on any atom is -0.495 e. The summed E-state index contributed by atoms with van der Waals surface area (Å²) < 4.78 is 5.13. The molecule has 1 aromatic carbocycles. The zero-order chi connectivity index (χ0) is 11.4. The third-order valence-electron chi connectivity index (χ3n) is 2.36. The van der Waals surface area contributed by atoms with E-state index in [1.54, 1.807) is 13.2 Å². The monoisotopic (exact) mass is 228 g/mol. The fraction of sp³-hybridized carbons (Fsp3) is 0.455. The Morgan fingerprint density at radius 1 is 1.47 bits per heavy atom. The van der Waals surface area contributed by atoms with E-state index in [0.717, 1.165) is 18.4 Å². The number of halogens is 1. The summed E-state index contributed by atoms with van der Waals surface area (Å²) in [5.74, 6) is 0.618. The number of benzene rings is 1. The Hall–Kier alpha value is -0.930. The lowest BCUT2D eigenvalue weighted by atomic mass is 10.0. The third-order valence-corrected chi connectivity index (χ3v) is 2.65. The fourth-order valence-corrected chi connectivity index (χ4v) is 1.78. The Bertz CT molecular complexity index is 342. The molecule has 1 rings (SSSR count). The first-order valence-corrected chi connectivity index (χ1v) is 5.36. The van der Waals surface area contributed by atoms with E-state index in [2.05, 4.69) is 6.92 Å². The molecule has 1 unspecified atom stereocenters. The van der Waals surface area contributed by atoms with E-state index >= 15 is 0 Å². The van der Waals surface area contributed by atoms with Gasteiger partial charge >= 0.3 is 0 Å². The molecular formula is C11H17ClN2O. The Morgan fingerprint density at radius 3 is 2.67 bits per heavy atom. The molecule has 0 saturated heterocycles. The van der Waals surface area contributed by atoms with Crippen molar-refractivity contribution < 1.29 is 4.74 Å². The third kappa shape index (κ3) is 2.76. The van der Waals surface area contributed by atoms with Crippen molar-refractivity contribution in [3.05, 3.63) is 22.7 Å². The van der Waals surface area contributed by atoms with Crippen LogP contribution in [0.3, 0.4) is 0 Å². The van der Waals surface area contributed by atoms with Gasteiger partial charge in [0.05, 0.1) is 12.1 Å². The first-order chi connectivity index (χ1) is 7.10. The smallest absolute Gasteiger partial charge is 0.137 e. The van der Waals surface area contributed by atoms with Crippen LogP contribution in [0.4, 0.5) is 5.69 Å². The van der Waals surface area contributed by atoms with E-state index in [0.29, 0.717) is 16.5 Å². The molecular weight excluding hydrogens is 212 g/mol. The van der Waals surface area contributed by atoms with Crippen LogP contribution in [0.2, 0.25) is 5.02 Å². The molecule has 0 saturated carbocycles. The van der Waals surface area contributed by atoms with Gasteiger partial charge in [0, 0.05) is 11.7 Å². The van der Waals surface area contributed by atoms with Crippen molar-refractivity contribution in [1.29, 1.82) is 0 Å². The van der Waals surface area contributed by atoms with Crippen molar-refractivity contribution >= 4 is 17.3 Å². The van der Waals surface area contributed by atoms with Crippen molar-refractivity contribution in [3.63, 3.8) is 0 Å². The van der Waals surface area contributed by atoms with Crippen LogP contribution in [0.1, 0.15) is 31.4 Å². The Morgan fingerprint density at radius 2 is 2.13 bits per heavy atom. The lowest BCUT2D eigenvalue weighted by Crippen LogP contribution is -2.12. The number of ether oxygens (including phenoxy) is 1. The first kappa shape index (κ1) is 12.1. The number of rotatable bonds is 4. The van der Waals surface area contributed by atoms with E-state index in [-0.39, 0.29) is 6.04 Å². The summed E-state index contributed by atoms with van der Waals surface area (Å²) in [6.45, 7) is 2.09. The van der Waals surface area contributed by atoms with Gasteiger partial charge in [0.1, 0.15) is 5.75 Å². The van der Waals surface area contributed by atoms with Crippen LogP contribution in [0.15, 0.2) is 12.1 Å². The summed E-state index contributed by atoms with van der Waals surface area (Å²) in [6.07, 6.45) is 1.92. The number of nitrogens with two attached hydrogens (primary N) is 2. The molecule has 4 heteroatoms. The second kappa shape index (κ2) is 5.24. The van der Waals surface area contributed by atoms with Crippen molar-refractivity contribution in [1.82, 2.24) is 0 Å². The van der Waals surface area contributed by atoms with Gasteiger partial charge in [0.2, 0.25) is 0 Å². The van der Waals surface area contributed by atoms with Crippen molar-refractivity contribution in [3.8, 4) is 5.75 Å². The summed E-state index contributed by atoms with van der Waals surface area (Å²) in [5.41, 5.74) is 13.4. The van der Waals surface area contributed by atoms with Gasteiger partial charge in [0.25, 0.3) is 0 Å². The quantitative estimate of drug-likeness (QED) is 0.779. The molecule has 0 aliphatic rings. The van der Waals surface area contributed by atoms with Gasteiger partial charge in [-0.3, -0.25) is 0 Å². The molecule has 0 aliphatic heterocycles. The van der Waals surface area contributed by atoms with Gasteiger partial charge in [-0.1, -0.05) is 24.9 Å². The lowest BCUT2D eigenvalue weighted by molar-refractivity contribution is 0.414. The Balaban J connectivity index is 3.06. The van der Waals surface area contributed by atoms with E-state index < -0.39 is 0 Å². The molecule has 0 spiro atoms. The molecule has 0 bridgehead atoms. The molecule has 0 heterocycles. The van der Waals surface area contributed by atoms with Crippen LogP contribution in [-0.2, 0) is 0 Å². The predicted octanol–water partition coefficient (Wildman–Crippen LogP) is 2.73. The molecule has 84 valence electrons. The molecule has 0 radical (unpaired) electrons. The molecule has 1 aromatic rings. The lowest BCUT2D eigenvalue weighted by Gasteiger charge is -2.15. The molecule has 0 aromatic heterocycles. The number of anilines is 1. The molecule has 0 fully saturated rings. The molecule has 4 N–H and O–H groups in total. The number of hydrogen-bond donors (Lipinski definition) is 2. The van der Waals surface area contributed by atoms with Gasteiger partial charge < -0.3 is 16.2 Å². The highest BCUT2D eigenvalue weighted by Gasteiger charge is 2.12. The van der Waals surface area contributed by atoms with E-state index in [1.807, 2.05) is 6.07 Å². The molecule has 15 heavy (non-hydrogen) atoms. The maximum Gasteiger partial charge on any atom is 0.137 e. The van der Waals surface area contributed by atoms with Gasteiger partial charge in [-0.15, -0.1) is 0 Å². The van der Waals surface area contributed by atoms with Crippen molar-refractivity contribution in [2.24, 2.45) is 5.73 Å². The Labute approximate surface area is 95.4 Å². The van der Waals surface area contributed by atoms with Crippen LogP contribution in [0, 0.1) is 0 Å². The summed E-state index contributed by atoms with van der Waals surface area (Å²) >= 11 is 5.94. The van der Waals surface area contributed by atoms with Crippen LogP contribution in [0.5, 0.6) is 5.75 Å². The van der Waals surface area contributed by atoms with Crippen molar-refractivity contribution in [2.45, 2.75) is 25.8 Å². The van der Waals surface area contributed by atoms with Crippen LogP contribution >= 0.6 is 11.6 Å². The SMILES string of the molecule is CCCC(N)c1cc(OC)c(Cl)cc1N. The average molecular weight is 229 g/mol. The summed E-state index contributed by atoms with van der Waals surface area (Å²) in [4.78, 5) is 0. The van der Waals surface area contributed by atoms with Crippen LogP contribution < -0.4 is 16.2 Å². The average Bonchev–Trinajstić information content (AvgIpc) is 2.18. The van der Waals surface area contributed by atoms with E-state index in [1.165, 1.54) is 0 Å². The molecule has 3 nitrogen and oxygen atoms in total. The van der Waals surface area contributed by atoms with E-state index in [4.69, 9.17) is 27.8 Å². The number of nitrogen functional groups attached to an aromatic ring is 1. The first-order valence-electron chi connectivity index (χ1n) is 4.98. The maximum atomic E-state index is 6.00. The normalized spacial score (nSPS) is 12.5. The zero-order valence-corrected chi connectivity index (χ0v) is 9.84. The molecule has 0 amide bonds. The molecule has 1 atom stereocenters. The summed E-state index contributed by atoms with van der Waals surface area (Å²) in [6, 6.07) is 3.45. The largest absolute Gasteiger partial charge is 0.495 e. The van der Waals surface area contributed by atoms with Gasteiger partial charge in [-0.2, -0.15) is 0 Å². The summed E-state index contributed by atoms with van der Waals surface area (Å²) in [7, 11) is 1.58. The minimum absolute atomic E-state index is 0.0545. The van der Waals surface area contributed by atoms with Crippen LogP contribution in [-0.4, -0.2) is 7.11 Å². The number of methoxy groups -OCH3 is 1. The highest BCUT2D eigenvalue weighted by atomic mass is 35.5. The van der Waals surface area contributed by atoms with Crippen LogP contribution in [0.25, 0.3) is 0 Å². The second-order valence-electron chi connectivity index (χ2n) is 3.51. The minimum atomic E-state index is -0.0545. The van der Waals surface area contributed by atoms with Gasteiger partial charge in [-0.25, -0.2) is 0 Å². The predicted molar refractivity (Wildman–Crippen MR) is 64.3 cm³/mol. The summed E-state index contributed by atoms with van der Waals surface area (Å²) in [5, 5.41) is 0.516. The molecule has 0 aliphatic carbocycles. The maximum absolute atomic E-state index is 6.00. The zero-order valence-electron chi connectivity index (χ0n) is 9.09. The fourth-order valence-electron chi connectivity index (χ4n) is 1.53. The van der Waals surface area contributed by atoms with Crippen molar-refractivity contribution in [2.75, 3.05) is 12.8 Å². The van der Waals surface area contributed by atoms with Gasteiger partial charge in [0.15, 0.2) is 0 Å². The standard InChI is InChI=1S/C11H17ClN2O/c1-3-4-9(13)7-5-11(15-2)8(12)6-10(7)14/h5-6,9H,3-4,13-14H2,1-2H3. The highest BCUT2D eigenvalue weighted by molar-refractivity contribution is 6.32. The second-order valence-corrected chi connectivity index (χ2v) is 3.92. The van der Waals surface area contributed by atoms with Gasteiger partial charge in [-0.05, 0) is 24.1 Å². The highest BCUT2D eigenvalue weighted by Crippen LogP contribution is 2.33. The topological polar surface area (TPSA) is 61.3 Å². The van der Waals surface area contributed by atoms with E-state index in [9.17, 15) is 0 Å². The number of hydrogen-bond acceptors (Lipinski definition) is 3. The Kier molecular flexibility index (Phi) is 4.24.